The molecule has 0 saturated heterocycles. The zero-order chi connectivity index (χ0) is 13.8. The van der Waals surface area contributed by atoms with Crippen molar-refractivity contribution in [2.75, 3.05) is 14.2 Å². The second kappa shape index (κ2) is 6.27. The number of aromatic amines is 1. The molecule has 6 heteroatoms. The Morgan fingerprint density at radius 3 is 2.53 bits per heavy atom. The molecule has 19 heavy (non-hydrogen) atoms. The molecule has 1 aromatic carbocycles. The number of ether oxygens (including phenoxy) is 2. The first kappa shape index (κ1) is 14.2. The molecule has 0 unspecified atom stereocenters. The van der Waals surface area contributed by atoms with Gasteiger partial charge in [-0.15, -0.1) is 0 Å². The van der Waals surface area contributed by atoms with Gasteiger partial charge in [0.05, 0.1) is 23.9 Å². The van der Waals surface area contributed by atoms with Crippen molar-refractivity contribution in [3.63, 3.8) is 0 Å². The van der Waals surface area contributed by atoms with Gasteiger partial charge in [0.2, 0.25) is 0 Å². The Hall–Kier alpha value is -1.24. The number of hydrogen-bond donors (Lipinski definition) is 1. The van der Waals surface area contributed by atoms with Crippen LogP contribution in [0.3, 0.4) is 0 Å². The molecule has 0 fully saturated rings. The third-order valence-electron chi connectivity index (χ3n) is 2.59. The molecule has 100 valence electrons. The minimum atomic E-state index is 0.440. The van der Waals surface area contributed by atoms with Crippen LogP contribution in [-0.4, -0.2) is 24.2 Å². The van der Waals surface area contributed by atoms with Crippen LogP contribution in [0.4, 0.5) is 0 Å². The van der Waals surface area contributed by atoms with E-state index in [1.165, 1.54) is 0 Å². The molecule has 0 amide bonds. The van der Waals surface area contributed by atoms with Crippen LogP contribution in [0, 0.1) is 4.64 Å². The number of hydrogen-bond acceptors (Lipinski definition) is 4. The van der Waals surface area contributed by atoms with Crippen LogP contribution >= 0.6 is 28.1 Å². The van der Waals surface area contributed by atoms with E-state index in [2.05, 4.69) is 25.9 Å². The highest BCUT2D eigenvalue weighted by Crippen LogP contribution is 2.23. The first-order chi connectivity index (χ1) is 9.15. The lowest BCUT2D eigenvalue weighted by Gasteiger charge is -2.08. The Morgan fingerprint density at radius 2 is 1.95 bits per heavy atom. The van der Waals surface area contributed by atoms with Crippen LogP contribution in [0.1, 0.15) is 5.69 Å². The van der Waals surface area contributed by atoms with Gasteiger partial charge in [-0.05, 0) is 40.2 Å². The van der Waals surface area contributed by atoms with Gasteiger partial charge in [0.25, 0.3) is 0 Å². The van der Waals surface area contributed by atoms with Crippen LogP contribution in [0.2, 0.25) is 0 Å². The van der Waals surface area contributed by atoms with E-state index in [1.807, 2.05) is 24.3 Å². The fourth-order valence-corrected chi connectivity index (χ4v) is 2.15. The Kier molecular flexibility index (Phi) is 4.68. The van der Waals surface area contributed by atoms with Crippen molar-refractivity contribution in [1.82, 2.24) is 9.97 Å². The summed E-state index contributed by atoms with van der Waals surface area (Å²) in [4.78, 5) is 7.58. The maximum atomic E-state index is 5.23. The standard InChI is InChI=1S/C13H13BrN2O2S/c1-17-7-10-11(14)13(19)16-12(15-10)8-3-5-9(18-2)6-4-8/h3-6H,7H2,1-2H3,(H,15,16,19). The lowest BCUT2D eigenvalue weighted by Crippen LogP contribution is -1.99. The van der Waals surface area contributed by atoms with Crippen LogP contribution < -0.4 is 4.74 Å². The zero-order valence-corrected chi connectivity index (χ0v) is 13.0. The van der Waals surface area contributed by atoms with Gasteiger partial charge in [0.1, 0.15) is 16.2 Å². The average Bonchev–Trinajstić information content (AvgIpc) is 2.44. The van der Waals surface area contributed by atoms with Crippen LogP contribution in [0.15, 0.2) is 28.7 Å². The van der Waals surface area contributed by atoms with Crippen molar-refractivity contribution in [2.45, 2.75) is 6.61 Å². The summed E-state index contributed by atoms with van der Waals surface area (Å²) in [5.74, 6) is 1.51. The van der Waals surface area contributed by atoms with E-state index < -0.39 is 0 Å². The van der Waals surface area contributed by atoms with Crippen molar-refractivity contribution < 1.29 is 9.47 Å². The van der Waals surface area contributed by atoms with E-state index >= 15 is 0 Å². The number of nitrogens with one attached hydrogen (secondary N) is 1. The second-order valence-corrected chi connectivity index (χ2v) is 5.02. The van der Waals surface area contributed by atoms with Gasteiger partial charge >= 0.3 is 0 Å². The minimum Gasteiger partial charge on any atom is -0.497 e. The molecule has 2 rings (SSSR count). The average molecular weight is 341 g/mol. The Morgan fingerprint density at radius 1 is 1.26 bits per heavy atom. The van der Waals surface area contributed by atoms with Crippen LogP contribution in [0.25, 0.3) is 11.4 Å². The van der Waals surface area contributed by atoms with E-state index in [0.717, 1.165) is 21.5 Å². The number of benzene rings is 1. The Labute approximate surface area is 124 Å². The number of rotatable bonds is 4. The lowest BCUT2D eigenvalue weighted by atomic mass is 10.2. The largest absolute Gasteiger partial charge is 0.497 e. The highest BCUT2D eigenvalue weighted by Gasteiger charge is 2.08. The fraction of sp³-hybridized carbons (Fsp3) is 0.231. The molecular weight excluding hydrogens is 328 g/mol. The van der Waals surface area contributed by atoms with Gasteiger partial charge in [-0.2, -0.15) is 0 Å². The van der Waals surface area contributed by atoms with Crippen molar-refractivity contribution >= 4 is 28.1 Å². The third-order valence-corrected chi connectivity index (χ3v) is 4.00. The van der Waals surface area contributed by atoms with Gasteiger partial charge in [-0.1, -0.05) is 12.2 Å². The smallest absolute Gasteiger partial charge is 0.144 e. The molecule has 2 aromatic rings. The predicted molar refractivity (Wildman–Crippen MR) is 79.8 cm³/mol. The predicted octanol–water partition coefficient (Wildman–Crippen LogP) is 3.72. The molecule has 0 saturated carbocycles. The van der Waals surface area contributed by atoms with E-state index in [4.69, 9.17) is 21.7 Å². The van der Waals surface area contributed by atoms with E-state index in [1.54, 1.807) is 14.2 Å². The number of nitrogens with zero attached hydrogens (tertiary/aromatic N) is 1. The van der Waals surface area contributed by atoms with E-state index in [0.29, 0.717) is 17.1 Å². The summed E-state index contributed by atoms with van der Waals surface area (Å²) in [6.45, 7) is 0.440. The summed E-state index contributed by atoms with van der Waals surface area (Å²) >= 11 is 8.65. The summed E-state index contributed by atoms with van der Waals surface area (Å²) < 4.78 is 11.5. The van der Waals surface area contributed by atoms with Gasteiger partial charge in [0, 0.05) is 12.7 Å². The number of methoxy groups -OCH3 is 2. The van der Waals surface area contributed by atoms with Gasteiger partial charge in [0.15, 0.2) is 0 Å². The molecule has 0 aliphatic rings. The molecule has 1 N–H and O–H groups in total. The SMILES string of the molecule is COCc1[nH]c(-c2ccc(OC)cc2)nc(=S)c1Br. The first-order valence-electron chi connectivity index (χ1n) is 5.57. The van der Waals surface area contributed by atoms with Crippen molar-refractivity contribution in [3.8, 4) is 17.1 Å². The Balaban J connectivity index is 2.46. The van der Waals surface area contributed by atoms with E-state index in [9.17, 15) is 0 Å². The summed E-state index contributed by atoms with van der Waals surface area (Å²) in [6.07, 6.45) is 0. The van der Waals surface area contributed by atoms with Gasteiger partial charge < -0.3 is 14.5 Å². The molecule has 4 nitrogen and oxygen atoms in total. The van der Waals surface area contributed by atoms with Crippen LogP contribution in [-0.2, 0) is 11.3 Å². The summed E-state index contributed by atoms with van der Waals surface area (Å²) in [7, 11) is 3.27. The quantitative estimate of drug-likeness (QED) is 0.861. The normalized spacial score (nSPS) is 10.5. The topological polar surface area (TPSA) is 47.1 Å². The Bertz CT molecular complexity index is 626. The maximum Gasteiger partial charge on any atom is 0.144 e. The van der Waals surface area contributed by atoms with Crippen molar-refractivity contribution in [2.24, 2.45) is 0 Å². The van der Waals surface area contributed by atoms with Crippen LogP contribution in [0.5, 0.6) is 5.75 Å². The molecule has 0 atom stereocenters. The molecule has 0 spiro atoms. The second-order valence-electron chi connectivity index (χ2n) is 3.84. The highest BCUT2D eigenvalue weighted by atomic mass is 79.9. The molecule has 1 aromatic heterocycles. The van der Waals surface area contributed by atoms with E-state index in [-0.39, 0.29) is 0 Å². The maximum absolute atomic E-state index is 5.23. The molecule has 1 heterocycles. The summed E-state index contributed by atoms with van der Waals surface area (Å²) in [6, 6.07) is 7.62. The molecule has 0 aliphatic heterocycles. The summed E-state index contributed by atoms with van der Waals surface area (Å²) in [5.41, 5.74) is 1.81. The minimum absolute atomic E-state index is 0.440. The number of H-pyrrole nitrogens is 1. The molecule has 0 bridgehead atoms. The monoisotopic (exact) mass is 340 g/mol. The lowest BCUT2D eigenvalue weighted by molar-refractivity contribution is 0.181. The first-order valence-corrected chi connectivity index (χ1v) is 6.78. The van der Waals surface area contributed by atoms with Gasteiger partial charge in [-0.25, -0.2) is 4.98 Å². The molecule has 0 aliphatic carbocycles. The molecule has 0 radical (unpaired) electrons. The van der Waals surface area contributed by atoms with Crippen molar-refractivity contribution in [1.29, 1.82) is 0 Å². The fourth-order valence-electron chi connectivity index (χ4n) is 1.63. The summed E-state index contributed by atoms with van der Waals surface area (Å²) in [5, 5.41) is 0. The highest BCUT2D eigenvalue weighted by molar-refractivity contribution is 9.10. The number of halogens is 1. The zero-order valence-electron chi connectivity index (χ0n) is 10.6. The third kappa shape index (κ3) is 3.20. The van der Waals surface area contributed by atoms with Crippen molar-refractivity contribution in [3.05, 3.63) is 39.1 Å². The number of aromatic nitrogens is 2. The van der Waals surface area contributed by atoms with Gasteiger partial charge in [-0.3, -0.25) is 0 Å². The molecular formula is C13H13BrN2O2S.